The van der Waals surface area contributed by atoms with Crippen LogP contribution in [0.4, 0.5) is 0 Å². The van der Waals surface area contributed by atoms with E-state index in [2.05, 4.69) is 53.5 Å². The highest BCUT2D eigenvalue weighted by atomic mass is 79.9. The fourth-order valence-electron chi connectivity index (χ4n) is 3.55. The molecule has 7 heteroatoms. The number of halogens is 2. The van der Waals surface area contributed by atoms with E-state index < -0.39 is 0 Å². The fraction of sp³-hybridized carbons (Fsp3) is 0.600. The minimum atomic E-state index is 0.518. The van der Waals surface area contributed by atoms with Crippen LogP contribution in [0.3, 0.4) is 0 Å². The van der Waals surface area contributed by atoms with Crippen molar-refractivity contribution in [3.05, 3.63) is 22.1 Å². The molecule has 2 aromatic rings. The Morgan fingerprint density at radius 2 is 1.86 bits per heavy atom. The molecule has 4 rings (SSSR count). The van der Waals surface area contributed by atoms with Gasteiger partial charge in [-0.05, 0) is 35.8 Å². The van der Waals surface area contributed by atoms with Crippen LogP contribution < -0.4 is 0 Å². The first-order chi connectivity index (χ1) is 10.6. The molecule has 3 heterocycles. The third-order valence-electron chi connectivity index (χ3n) is 5.05. The van der Waals surface area contributed by atoms with E-state index in [0.29, 0.717) is 17.2 Å². The van der Waals surface area contributed by atoms with Crippen LogP contribution in [0.5, 0.6) is 0 Å². The average Bonchev–Trinajstić information content (AvgIpc) is 2.78. The number of hydrogen-bond acceptors (Lipinski definition) is 4. The molecule has 1 aliphatic heterocycles. The number of hydrogen-bond donors (Lipinski definition) is 0. The zero-order valence-electron chi connectivity index (χ0n) is 12.5. The number of nitrogens with zero attached hydrogens (tertiary/aromatic N) is 5. The summed E-state index contributed by atoms with van der Waals surface area (Å²) < 4.78 is 3.25. The van der Waals surface area contributed by atoms with E-state index in [9.17, 15) is 0 Å². The van der Waals surface area contributed by atoms with Crippen LogP contribution in [0.15, 0.2) is 17.0 Å². The average molecular weight is 385 g/mol. The van der Waals surface area contributed by atoms with Gasteiger partial charge in [0.1, 0.15) is 17.1 Å². The molecule has 0 amide bonds. The maximum atomic E-state index is 6.20. The second kappa shape index (κ2) is 5.74. The van der Waals surface area contributed by atoms with Crippen molar-refractivity contribution < 1.29 is 0 Å². The lowest BCUT2D eigenvalue weighted by Crippen LogP contribution is -2.53. The molecule has 0 atom stereocenters. The summed E-state index contributed by atoms with van der Waals surface area (Å²) in [5.41, 5.74) is 0.939. The van der Waals surface area contributed by atoms with Crippen molar-refractivity contribution >= 4 is 38.6 Å². The van der Waals surface area contributed by atoms with E-state index in [1.165, 1.54) is 39.0 Å². The number of fused-ring (bicyclic) bond motifs is 1. The molecule has 118 valence electrons. The van der Waals surface area contributed by atoms with Gasteiger partial charge in [0.25, 0.3) is 0 Å². The van der Waals surface area contributed by atoms with Crippen LogP contribution in [0, 0.1) is 0 Å². The van der Waals surface area contributed by atoms with Crippen molar-refractivity contribution in [1.29, 1.82) is 0 Å². The Morgan fingerprint density at radius 1 is 1.14 bits per heavy atom. The molecule has 2 aliphatic rings. The van der Waals surface area contributed by atoms with Crippen LogP contribution in [-0.2, 0) is 0 Å². The van der Waals surface area contributed by atoms with Gasteiger partial charge in [0.05, 0.1) is 5.39 Å². The Balaban J connectivity index is 1.50. The highest BCUT2D eigenvalue weighted by Gasteiger charge is 2.36. The van der Waals surface area contributed by atoms with E-state index in [-0.39, 0.29) is 0 Å². The largest absolute Gasteiger partial charge is 0.328 e. The van der Waals surface area contributed by atoms with Crippen molar-refractivity contribution in [3.63, 3.8) is 0 Å². The smallest absolute Gasteiger partial charge is 0.146 e. The highest BCUT2D eigenvalue weighted by Crippen LogP contribution is 2.40. The van der Waals surface area contributed by atoms with Crippen molar-refractivity contribution in [2.24, 2.45) is 0 Å². The van der Waals surface area contributed by atoms with Gasteiger partial charge in [-0.1, -0.05) is 11.6 Å². The maximum Gasteiger partial charge on any atom is 0.146 e. The minimum absolute atomic E-state index is 0.518. The summed E-state index contributed by atoms with van der Waals surface area (Å²) in [6.45, 7) is 4.75. The van der Waals surface area contributed by atoms with Crippen molar-refractivity contribution in [3.8, 4) is 0 Å². The first kappa shape index (κ1) is 14.9. The number of rotatable bonds is 2. The van der Waals surface area contributed by atoms with Crippen LogP contribution in [0.2, 0.25) is 5.15 Å². The summed E-state index contributed by atoms with van der Waals surface area (Å²) in [6.07, 6.45) is 6.05. The quantitative estimate of drug-likeness (QED) is 0.746. The lowest BCUT2D eigenvalue weighted by molar-refractivity contribution is 0.0450. The minimum Gasteiger partial charge on any atom is -0.328 e. The van der Waals surface area contributed by atoms with Crippen LogP contribution in [-0.4, -0.2) is 63.6 Å². The van der Waals surface area contributed by atoms with Gasteiger partial charge in [-0.15, -0.1) is 0 Å². The van der Waals surface area contributed by atoms with Gasteiger partial charge in [-0.25, -0.2) is 9.97 Å². The van der Waals surface area contributed by atoms with Crippen LogP contribution in [0.1, 0.15) is 18.9 Å². The van der Waals surface area contributed by atoms with E-state index >= 15 is 0 Å². The molecule has 0 unspecified atom stereocenters. The van der Waals surface area contributed by atoms with Gasteiger partial charge >= 0.3 is 0 Å². The number of aromatic nitrogens is 3. The Hall–Kier alpha value is -0.690. The zero-order chi connectivity index (χ0) is 15.3. The van der Waals surface area contributed by atoms with Gasteiger partial charge in [0.15, 0.2) is 0 Å². The Kier molecular flexibility index (Phi) is 3.88. The molecule has 5 nitrogen and oxygen atoms in total. The van der Waals surface area contributed by atoms with E-state index in [1.54, 1.807) is 6.33 Å². The fourth-order valence-corrected chi connectivity index (χ4v) is 4.48. The summed E-state index contributed by atoms with van der Waals surface area (Å²) in [5.74, 6) is 0. The van der Waals surface area contributed by atoms with Crippen LogP contribution in [0.25, 0.3) is 11.0 Å². The van der Waals surface area contributed by atoms with Gasteiger partial charge in [0.2, 0.25) is 0 Å². The molecular weight excluding hydrogens is 366 g/mol. The van der Waals surface area contributed by atoms with Crippen molar-refractivity contribution in [2.45, 2.75) is 24.9 Å². The summed E-state index contributed by atoms with van der Waals surface area (Å²) in [5, 5.41) is 1.44. The Morgan fingerprint density at radius 3 is 2.59 bits per heavy atom. The molecule has 0 aromatic carbocycles. The van der Waals surface area contributed by atoms with Gasteiger partial charge in [-0.2, -0.15) is 0 Å². The molecule has 0 N–H and O–H groups in total. The summed E-state index contributed by atoms with van der Waals surface area (Å²) >= 11 is 9.79. The first-order valence-electron chi connectivity index (χ1n) is 7.72. The number of piperazine rings is 1. The Labute approximate surface area is 143 Å². The molecule has 1 saturated heterocycles. The topological polar surface area (TPSA) is 37.2 Å². The third kappa shape index (κ3) is 2.46. The van der Waals surface area contributed by atoms with Gasteiger partial charge in [0, 0.05) is 48.9 Å². The summed E-state index contributed by atoms with van der Waals surface area (Å²) in [6, 6.07) is 1.23. The molecule has 0 bridgehead atoms. The zero-order valence-corrected chi connectivity index (χ0v) is 14.9. The first-order valence-corrected chi connectivity index (χ1v) is 8.89. The van der Waals surface area contributed by atoms with Crippen LogP contribution >= 0.6 is 27.5 Å². The van der Waals surface area contributed by atoms with Crippen molar-refractivity contribution in [1.82, 2.24) is 24.3 Å². The van der Waals surface area contributed by atoms with Gasteiger partial charge in [-0.3, -0.25) is 4.90 Å². The molecule has 0 radical (unpaired) electrons. The standard InChI is InChI=1S/C15H19BrClN5/c1-20-2-4-21(5-3-20)10-6-11(7-10)22-8-12(16)13-14(17)18-9-19-15(13)22/h8-11H,2-7H2,1H3. The maximum absolute atomic E-state index is 6.20. The monoisotopic (exact) mass is 383 g/mol. The Bertz CT molecular complexity index is 689. The predicted octanol–water partition coefficient (Wildman–Crippen LogP) is 2.80. The summed E-state index contributed by atoms with van der Waals surface area (Å²) in [4.78, 5) is 13.6. The number of likely N-dealkylation sites (N-methyl/N-ethyl adjacent to an activating group) is 1. The van der Waals surface area contributed by atoms with Crippen molar-refractivity contribution in [2.75, 3.05) is 33.2 Å². The lowest BCUT2D eigenvalue weighted by Gasteiger charge is -2.46. The molecular formula is C15H19BrClN5. The third-order valence-corrected chi connectivity index (χ3v) is 5.94. The molecule has 22 heavy (non-hydrogen) atoms. The molecule has 2 aromatic heterocycles. The van der Waals surface area contributed by atoms with E-state index in [1.807, 2.05) is 0 Å². The SMILES string of the molecule is CN1CCN(C2CC(n3cc(Br)c4c(Cl)ncnc43)C2)CC1. The second-order valence-corrected chi connectivity index (χ2v) is 7.58. The molecule has 1 saturated carbocycles. The molecule has 1 aliphatic carbocycles. The van der Waals surface area contributed by atoms with Gasteiger partial charge < -0.3 is 9.47 Å². The summed E-state index contributed by atoms with van der Waals surface area (Å²) in [7, 11) is 2.20. The molecule has 0 spiro atoms. The second-order valence-electron chi connectivity index (χ2n) is 6.37. The lowest BCUT2D eigenvalue weighted by atomic mass is 9.85. The van der Waals surface area contributed by atoms with E-state index in [4.69, 9.17) is 11.6 Å². The normalized spacial score (nSPS) is 27.2. The predicted molar refractivity (Wildman–Crippen MR) is 91.4 cm³/mol. The molecule has 2 fully saturated rings. The van der Waals surface area contributed by atoms with E-state index in [0.717, 1.165) is 15.5 Å². The highest BCUT2D eigenvalue weighted by molar-refractivity contribution is 9.10.